The van der Waals surface area contributed by atoms with Crippen molar-refractivity contribution in [1.29, 1.82) is 0 Å². The number of benzene rings is 3. The molecule has 1 saturated heterocycles. The topological polar surface area (TPSA) is 49.9 Å². The summed E-state index contributed by atoms with van der Waals surface area (Å²) in [4.78, 5) is 29.8. The highest BCUT2D eigenvalue weighted by Crippen LogP contribution is 2.37. The van der Waals surface area contributed by atoms with Gasteiger partial charge in [-0.3, -0.25) is 9.59 Å². The van der Waals surface area contributed by atoms with Crippen LogP contribution in [0.2, 0.25) is 5.02 Å². The van der Waals surface area contributed by atoms with Gasteiger partial charge in [0, 0.05) is 49.1 Å². The van der Waals surface area contributed by atoms with Crippen molar-refractivity contribution in [2.45, 2.75) is 25.8 Å². The molecule has 0 spiro atoms. The predicted molar refractivity (Wildman–Crippen MR) is 138 cm³/mol. The van der Waals surface area contributed by atoms with Crippen molar-refractivity contribution in [3.05, 3.63) is 101 Å². The van der Waals surface area contributed by atoms with E-state index in [0.717, 1.165) is 5.56 Å². The Morgan fingerprint density at radius 3 is 2.25 bits per heavy atom. The molecule has 1 fully saturated rings. The minimum atomic E-state index is -0.437. The third-order valence-corrected chi connectivity index (χ3v) is 7.03. The lowest BCUT2D eigenvalue weighted by atomic mass is 9.75. The fourth-order valence-corrected chi connectivity index (χ4v) is 4.63. The minimum absolute atomic E-state index is 0.0269. The van der Waals surface area contributed by atoms with Gasteiger partial charge in [0.15, 0.2) is 0 Å². The molecule has 0 bridgehead atoms. The lowest BCUT2D eigenvalue weighted by Crippen LogP contribution is -2.47. The molecule has 3 aromatic carbocycles. The molecule has 1 aliphatic heterocycles. The second-order valence-electron chi connectivity index (χ2n) is 9.45. The second kappa shape index (κ2) is 11.6. The van der Waals surface area contributed by atoms with E-state index in [9.17, 15) is 14.0 Å². The molecular weight excluding hydrogens is 479 g/mol. The Morgan fingerprint density at radius 2 is 1.61 bits per heavy atom. The summed E-state index contributed by atoms with van der Waals surface area (Å²) in [5, 5.41) is 0.584. The minimum Gasteiger partial charge on any atom is -0.493 e. The first-order valence-electron chi connectivity index (χ1n) is 12.0. The molecule has 5 nitrogen and oxygen atoms in total. The normalized spacial score (nSPS) is 14.8. The largest absolute Gasteiger partial charge is 0.493 e. The van der Waals surface area contributed by atoms with Gasteiger partial charge in [0.05, 0.1) is 6.61 Å². The van der Waals surface area contributed by atoms with Gasteiger partial charge in [-0.25, -0.2) is 4.39 Å². The first-order valence-corrected chi connectivity index (χ1v) is 12.4. The Hall–Kier alpha value is -3.38. The number of likely N-dealkylation sites (tertiary alicyclic amines) is 1. The van der Waals surface area contributed by atoms with E-state index in [4.69, 9.17) is 16.3 Å². The number of halogens is 2. The third kappa shape index (κ3) is 6.64. The molecule has 4 rings (SSSR count). The van der Waals surface area contributed by atoms with Gasteiger partial charge in [0.25, 0.3) is 5.91 Å². The van der Waals surface area contributed by atoms with Crippen LogP contribution in [0.5, 0.6) is 5.75 Å². The van der Waals surface area contributed by atoms with Gasteiger partial charge < -0.3 is 14.5 Å². The fraction of sp³-hybridized carbons (Fsp3) is 0.310. The monoisotopic (exact) mass is 508 g/mol. The number of carbonyl (C=O) groups is 2. The molecule has 1 heterocycles. The molecule has 3 aromatic rings. The molecule has 0 radical (unpaired) electrons. The summed E-state index contributed by atoms with van der Waals surface area (Å²) < 4.78 is 19.4. The summed E-state index contributed by atoms with van der Waals surface area (Å²) in [5.41, 5.74) is 1.22. The van der Waals surface area contributed by atoms with Gasteiger partial charge in [-0.2, -0.15) is 0 Å². The van der Waals surface area contributed by atoms with E-state index in [-0.39, 0.29) is 17.6 Å². The van der Waals surface area contributed by atoms with Crippen molar-refractivity contribution in [2.75, 3.05) is 26.7 Å². The summed E-state index contributed by atoms with van der Waals surface area (Å²) in [6.07, 6.45) is 1.55. The molecule has 0 aliphatic carbocycles. The number of rotatable bonds is 8. The molecule has 36 heavy (non-hydrogen) atoms. The number of nitrogens with zero attached hydrogens (tertiary/aromatic N) is 2. The maximum absolute atomic E-state index is 13.3. The number of ether oxygens (including phenoxy) is 1. The Kier molecular flexibility index (Phi) is 8.26. The van der Waals surface area contributed by atoms with Crippen molar-refractivity contribution < 1.29 is 18.7 Å². The molecule has 7 heteroatoms. The van der Waals surface area contributed by atoms with Crippen LogP contribution in [-0.4, -0.2) is 48.4 Å². The van der Waals surface area contributed by atoms with Crippen molar-refractivity contribution in [3.63, 3.8) is 0 Å². The van der Waals surface area contributed by atoms with Crippen LogP contribution in [0.25, 0.3) is 0 Å². The molecule has 0 unspecified atom stereocenters. The molecule has 2 amide bonds. The van der Waals surface area contributed by atoms with Crippen LogP contribution in [0.4, 0.5) is 4.39 Å². The highest BCUT2D eigenvalue weighted by molar-refractivity contribution is 6.30. The van der Waals surface area contributed by atoms with E-state index in [1.807, 2.05) is 42.3 Å². The third-order valence-electron chi connectivity index (χ3n) is 6.78. The highest BCUT2D eigenvalue weighted by Gasteiger charge is 2.39. The zero-order valence-corrected chi connectivity index (χ0v) is 21.1. The van der Waals surface area contributed by atoms with E-state index in [2.05, 4.69) is 0 Å². The van der Waals surface area contributed by atoms with Gasteiger partial charge in [-0.05, 0) is 66.9 Å². The highest BCUT2D eigenvalue weighted by atomic mass is 35.5. The first kappa shape index (κ1) is 25.7. The fourth-order valence-electron chi connectivity index (χ4n) is 4.50. The van der Waals surface area contributed by atoms with Crippen LogP contribution >= 0.6 is 11.6 Å². The lowest BCUT2D eigenvalue weighted by molar-refractivity contribution is -0.134. The summed E-state index contributed by atoms with van der Waals surface area (Å²) in [5.74, 6) is 0.204. The summed E-state index contributed by atoms with van der Waals surface area (Å²) in [7, 11) is 1.81. The average molecular weight is 509 g/mol. The van der Waals surface area contributed by atoms with E-state index in [1.54, 1.807) is 41.3 Å². The van der Waals surface area contributed by atoms with E-state index in [0.29, 0.717) is 61.8 Å². The smallest absolute Gasteiger partial charge is 0.253 e. The quantitative estimate of drug-likeness (QED) is 0.384. The Balaban J connectivity index is 1.45. The van der Waals surface area contributed by atoms with Crippen LogP contribution in [-0.2, 0) is 11.3 Å². The maximum atomic E-state index is 13.3. The Bertz CT molecular complexity index is 1160. The Labute approximate surface area is 216 Å². The van der Waals surface area contributed by atoms with Crippen LogP contribution in [0.1, 0.15) is 35.2 Å². The van der Waals surface area contributed by atoms with E-state index >= 15 is 0 Å². The van der Waals surface area contributed by atoms with E-state index < -0.39 is 5.41 Å². The molecule has 188 valence electrons. The number of hydrogen-bond donors (Lipinski definition) is 0. The number of carbonyl (C=O) groups excluding carboxylic acids is 2. The average Bonchev–Trinajstić information content (AvgIpc) is 2.89. The molecule has 0 saturated carbocycles. The van der Waals surface area contributed by atoms with Crippen LogP contribution in [0.15, 0.2) is 78.9 Å². The zero-order valence-electron chi connectivity index (χ0n) is 20.3. The van der Waals surface area contributed by atoms with Gasteiger partial charge in [-0.15, -0.1) is 0 Å². The molecule has 0 aromatic heterocycles. The van der Waals surface area contributed by atoms with Crippen LogP contribution in [0, 0.1) is 11.2 Å². The first-order chi connectivity index (χ1) is 17.3. The lowest BCUT2D eigenvalue weighted by Gasteiger charge is -2.42. The number of piperidine rings is 1. The molecule has 0 N–H and O–H groups in total. The second-order valence-corrected chi connectivity index (χ2v) is 9.89. The van der Waals surface area contributed by atoms with Crippen molar-refractivity contribution in [1.82, 2.24) is 9.80 Å². The van der Waals surface area contributed by atoms with Crippen molar-refractivity contribution >= 4 is 23.4 Å². The standard InChI is InChI=1S/C29H30ClFN2O3/c1-32(20-22-5-3-2-4-6-22)27(34)19-29(21-36-26-13-11-25(31)12-14-26)15-17-33(18-16-29)28(35)23-7-9-24(30)10-8-23/h2-14H,15-21H2,1H3. The molecule has 1 aliphatic rings. The summed E-state index contributed by atoms with van der Waals surface area (Å²) >= 11 is 5.96. The summed E-state index contributed by atoms with van der Waals surface area (Å²) in [6, 6.07) is 22.6. The zero-order chi connectivity index (χ0) is 25.5. The molecular formula is C29H30ClFN2O3. The molecule has 0 atom stereocenters. The van der Waals surface area contributed by atoms with Crippen molar-refractivity contribution in [3.8, 4) is 5.75 Å². The van der Waals surface area contributed by atoms with Gasteiger partial charge in [-0.1, -0.05) is 41.9 Å². The summed E-state index contributed by atoms with van der Waals surface area (Å²) in [6.45, 7) is 1.87. The number of hydrogen-bond acceptors (Lipinski definition) is 3. The van der Waals surface area contributed by atoms with E-state index in [1.165, 1.54) is 12.1 Å². The maximum Gasteiger partial charge on any atom is 0.253 e. The van der Waals surface area contributed by atoms with Crippen molar-refractivity contribution in [2.24, 2.45) is 5.41 Å². The van der Waals surface area contributed by atoms with Crippen LogP contribution in [0.3, 0.4) is 0 Å². The van der Waals surface area contributed by atoms with Crippen LogP contribution < -0.4 is 4.74 Å². The van der Waals surface area contributed by atoms with Gasteiger partial charge in [0.2, 0.25) is 5.91 Å². The predicted octanol–water partition coefficient (Wildman–Crippen LogP) is 5.83. The number of amides is 2. The Morgan fingerprint density at radius 1 is 0.972 bits per heavy atom. The SMILES string of the molecule is CN(Cc1ccccc1)C(=O)CC1(COc2ccc(F)cc2)CCN(C(=O)c2ccc(Cl)cc2)CC1. The van der Waals surface area contributed by atoms with Gasteiger partial charge >= 0.3 is 0 Å². The van der Waals surface area contributed by atoms with Gasteiger partial charge in [0.1, 0.15) is 11.6 Å².